The summed E-state index contributed by atoms with van der Waals surface area (Å²) in [6, 6.07) is 22.2. The van der Waals surface area contributed by atoms with Crippen LogP contribution in [0.25, 0.3) is 11.1 Å². The van der Waals surface area contributed by atoms with Gasteiger partial charge in [-0.05, 0) is 41.3 Å². The molecule has 4 nitrogen and oxygen atoms in total. The molecule has 3 aromatic rings. The molecule has 30 heavy (non-hydrogen) atoms. The Hall–Kier alpha value is -3.40. The Bertz CT molecular complexity index is 1000. The Balaban J connectivity index is 1.52. The van der Waals surface area contributed by atoms with Crippen LogP contribution in [0.4, 0.5) is 4.79 Å². The third-order valence-corrected chi connectivity index (χ3v) is 5.92. The topological polar surface area (TPSA) is 42.4 Å². The molecule has 4 rings (SSSR count). The van der Waals surface area contributed by atoms with Gasteiger partial charge in [0.05, 0.1) is 6.04 Å². The highest BCUT2D eigenvalue weighted by Crippen LogP contribution is 2.39. The van der Waals surface area contributed by atoms with Crippen molar-refractivity contribution in [3.05, 3.63) is 103 Å². The Morgan fingerprint density at radius 1 is 1.07 bits per heavy atom. The van der Waals surface area contributed by atoms with Gasteiger partial charge in [0.1, 0.15) is 5.60 Å². The van der Waals surface area contributed by atoms with Crippen molar-refractivity contribution in [2.75, 3.05) is 6.54 Å². The average molecular weight is 399 g/mol. The summed E-state index contributed by atoms with van der Waals surface area (Å²) < 4.78 is 6.06. The van der Waals surface area contributed by atoms with E-state index in [2.05, 4.69) is 35.8 Å². The molecule has 0 N–H and O–H groups in total. The van der Waals surface area contributed by atoms with Crippen LogP contribution in [0, 0.1) is 0 Å². The van der Waals surface area contributed by atoms with Crippen molar-refractivity contribution in [3.8, 4) is 11.1 Å². The third kappa shape index (κ3) is 3.86. The summed E-state index contributed by atoms with van der Waals surface area (Å²) in [5.41, 5.74) is 3.72. The lowest BCUT2D eigenvalue weighted by Crippen LogP contribution is -2.48. The highest BCUT2D eigenvalue weighted by molar-refractivity contribution is 5.70. The number of cyclic esters (lactones) is 1. The van der Waals surface area contributed by atoms with Crippen molar-refractivity contribution in [3.63, 3.8) is 0 Å². The van der Waals surface area contributed by atoms with Gasteiger partial charge in [-0.2, -0.15) is 0 Å². The van der Waals surface area contributed by atoms with Crippen molar-refractivity contribution in [1.82, 2.24) is 9.88 Å². The van der Waals surface area contributed by atoms with Gasteiger partial charge in [0, 0.05) is 31.8 Å². The van der Waals surface area contributed by atoms with Crippen LogP contribution in [0.3, 0.4) is 0 Å². The van der Waals surface area contributed by atoms with Gasteiger partial charge in [-0.1, -0.05) is 60.7 Å². The fourth-order valence-corrected chi connectivity index (χ4v) is 4.14. The van der Waals surface area contributed by atoms with Gasteiger partial charge in [-0.25, -0.2) is 4.79 Å². The lowest BCUT2D eigenvalue weighted by atomic mass is 9.85. The molecule has 2 aromatic carbocycles. The van der Waals surface area contributed by atoms with Crippen LogP contribution in [-0.2, 0) is 10.3 Å². The van der Waals surface area contributed by atoms with Gasteiger partial charge >= 0.3 is 6.09 Å². The molecule has 1 amide bonds. The number of hydrogen-bond donors (Lipinski definition) is 0. The summed E-state index contributed by atoms with van der Waals surface area (Å²) in [5.74, 6) is 0. The molecule has 1 aromatic heterocycles. The summed E-state index contributed by atoms with van der Waals surface area (Å²) in [6.45, 7) is 6.56. The number of aromatic nitrogens is 1. The number of nitrogens with zero attached hydrogens (tertiary/aromatic N) is 2. The molecule has 4 heteroatoms. The zero-order chi connectivity index (χ0) is 21.0. The van der Waals surface area contributed by atoms with Gasteiger partial charge in [0.2, 0.25) is 0 Å². The summed E-state index contributed by atoms with van der Waals surface area (Å²) in [4.78, 5) is 18.9. The minimum Gasteiger partial charge on any atom is -0.437 e. The molecule has 0 spiro atoms. The minimum atomic E-state index is -0.637. The maximum absolute atomic E-state index is 13.0. The van der Waals surface area contributed by atoms with Crippen LogP contribution in [-0.4, -0.2) is 22.5 Å². The first kappa shape index (κ1) is 19.9. The molecule has 0 unspecified atom stereocenters. The highest BCUT2D eigenvalue weighted by atomic mass is 16.6. The van der Waals surface area contributed by atoms with Gasteiger partial charge in [0.25, 0.3) is 0 Å². The number of carbonyl (C=O) groups excluding carboxylic acids is 1. The van der Waals surface area contributed by atoms with Gasteiger partial charge in [-0.15, -0.1) is 6.58 Å². The molecule has 1 saturated heterocycles. The van der Waals surface area contributed by atoms with E-state index < -0.39 is 5.60 Å². The molecule has 0 radical (unpaired) electrons. The van der Waals surface area contributed by atoms with Crippen LogP contribution in [0.15, 0.2) is 91.8 Å². The third-order valence-electron chi connectivity index (χ3n) is 5.92. The first-order valence-electron chi connectivity index (χ1n) is 10.3. The minimum absolute atomic E-state index is 0.0681. The maximum Gasteiger partial charge on any atom is 0.411 e. The predicted molar refractivity (Wildman–Crippen MR) is 119 cm³/mol. The molecule has 0 saturated carbocycles. The second-order valence-corrected chi connectivity index (χ2v) is 7.70. The normalized spacial score (nSPS) is 19.8. The number of amides is 1. The van der Waals surface area contributed by atoms with Crippen molar-refractivity contribution < 1.29 is 9.53 Å². The summed E-state index contributed by atoms with van der Waals surface area (Å²) in [5, 5.41) is 0. The van der Waals surface area contributed by atoms with E-state index in [0.717, 1.165) is 28.7 Å². The summed E-state index contributed by atoms with van der Waals surface area (Å²) in [7, 11) is 0. The van der Waals surface area contributed by atoms with E-state index in [0.29, 0.717) is 13.0 Å². The van der Waals surface area contributed by atoms with Crippen molar-refractivity contribution >= 4 is 6.09 Å². The summed E-state index contributed by atoms with van der Waals surface area (Å²) >= 11 is 0. The number of hydrogen-bond acceptors (Lipinski definition) is 3. The molecule has 1 aliphatic heterocycles. The maximum atomic E-state index is 13.0. The van der Waals surface area contributed by atoms with E-state index in [1.54, 1.807) is 12.4 Å². The Labute approximate surface area is 177 Å². The van der Waals surface area contributed by atoms with Crippen molar-refractivity contribution in [2.45, 2.75) is 31.4 Å². The number of rotatable bonds is 6. The van der Waals surface area contributed by atoms with E-state index in [1.165, 1.54) is 0 Å². The fraction of sp³-hybridized carbons (Fsp3) is 0.231. The molecular formula is C26H26N2O2. The number of carbonyl (C=O) groups is 1. The smallest absolute Gasteiger partial charge is 0.411 e. The molecule has 2 heterocycles. The molecule has 2 atom stereocenters. The quantitative estimate of drug-likeness (QED) is 0.470. The van der Waals surface area contributed by atoms with Gasteiger partial charge in [-0.3, -0.25) is 4.98 Å². The summed E-state index contributed by atoms with van der Waals surface area (Å²) in [6.07, 6.45) is 6.46. The molecule has 152 valence electrons. The fourth-order valence-electron chi connectivity index (χ4n) is 4.14. The average Bonchev–Trinajstić information content (AvgIpc) is 2.80. The van der Waals surface area contributed by atoms with Gasteiger partial charge < -0.3 is 9.64 Å². The lowest BCUT2D eigenvalue weighted by Gasteiger charge is -2.43. The van der Waals surface area contributed by atoms with Crippen molar-refractivity contribution in [1.29, 1.82) is 0 Å². The lowest BCUT2D eigenvalue weighted by molar-refractivity contribution is -0.0588. The van der Waals surface area contributed by atoms with E-state index in [-0.39, 0.29) is 12.1 Å². The SMILES string of the molecule is C=CC[C@]1(c2ccccc2)CCN([C@@H](C)c2ccc(-c3ccncc3)cc2)C(=O)O1. The Morgan fingerprint density at radius 2 is 1.73 bits per heavy atom. The second kappa shape index (κ2) is 8.54. The van der Waals surface area contributed by atoms with E-state index in [1.807, 2.05) is 60.4 Å². The monoisotopic (exact) mass is 398 g/mol. The molecule has 0 aliphatic carbocycles. The van der Waals surface area contributed by atoms with E-state index in [4.69, 9.17) is 4.74 Å². The number of ether oxygens (including phenoxy) is 1. The zero-order valence-electron chi connectivity index (χ0n) is 17.2. The Morgan fingerprint density at radius 3 is 2.37 bits per heavy atom. The molecule has 0 bridgehead atoms. The van der Waals surface area contributed by atoms with Gasteiger partial charge in [0.15, 0.2) is 0 Å². The first-order chi connectivity index (χ1) is 14.6. The zero-order valence-corrected chi connectivity index (χ0v) is 17.2. The van der Waals surface area contributed by atoms with E-state index >= 15 is 0 Å². The van der Waals surface area contributed by atoms with E-state index in [9.17, 15) is 4.79 Å². The second-order valence-electron chi connectivity index (χ2n) is 7.70. The Kier molecular flexibility index (Phi) is 5.66. The van der Waals surface area contributed by atoms with Crippen LogP contribution < -0.4 is 0 Å². The standard InChI is InChI=1S/C26H26N2O2/c1-3-15-26(24-7-5-4-6-8-24)16-19-28(25(29)30-26)20(2)21-9-11-22(12-10-21)23-13-17-27-18-14-23/h3-14,17-18,20H,1,15-16,19H2,2H3/t20-,26+/m0/s1. The molecular weight excluding hydrogens is 372 g/mol. The van der Waals surface area contributed by atoms with Crippen LogP contribution in [0.5, 0.6) is 0 Å². The predicted octanol–water partition coefficient (Wildman–Crippen LogP) is 6.12. The van der Waals surface area contributed by atoms with Crippen LogP contribution in [0.2, 0.25) is 0 Å². The highest BCUT2D eigenvalue weighted by Gasteiger charge is 2.42. The van der Waals surface area contributed by atoms with Crippen LogP contribution in [0.1, 0.15) is 36.9 Å². The first-order valence-corrected chi connectivity index (χ1v) is 10.3. The molecule has 1 aliphatic rings. The van der Waals surface area contributed by atoms with Crippen molar-refractivity contribution in [2.24, 2.45) is 0 Å². The number of benzene rings is 2. The molecule has 1 fully saturated rings. The largest absolute Gasteiger partial charge is 0.437 e. The van der Waals surface area contributed by atoms with Crippen LogP contribution >= 0.6 is 0 Å². The number of pyridine rings is 1.